The number of rotatable bonds is 3. The Morgan fingerprint density at radius 3 is 2.77 bits per heavy atom. The zero-order valence-corrected chi connectivity index (χ0v) is 17.6. The summed E-state index contributed by atoms with van der Waals surface area (Å²) in [6, 6.07) is 16.0. The van der Waals surface area contributed by atoms with Crippen LogP contribution in [0.2, 0.25) is 0 Å². The van der Waals surface area contributed by atoms with E-state index < -0.39 is 17.4 Å². The first kappa shape index (κ1) is 19.7. The second-order valence-corrected chi connectivity index (χ2v) is 8.31. The molecule has 0 saturated carbocycles. The third-order valence-electron chi connectivity index (χ3n) is 5.52. The van der Waals surface area contributed by atoms with Gasteiger partial charge in [0.1, 0.15) is 11.6 Å². The van der Waals surface area contributed by atoms with E-state index in [1.807, 2.05) is 0 Å². The summed E-state index contributed by atoms with van der Waals surface area (Å²) in [7, 11) is 0. The largest absolute Gasteiger partial charge is 0.482 e. The van der Waals surface area contributed by atoms with E-state index in [2.05, 4.69) is 21.2 Å². The van der Waals surface area contributed by atoms with E-state index in [0.717, 1.165) is 0 Å². The Morgan fingerprint density at radius 1 is 1.13 bits per heavy atom. The molecule has 156 valence electrons. The van der Waals surface area contributed by atoms with Gasteiger partial charge >= 0.3 is 0 Å². The Bertz CT molecular complexity index is 1250. The molecule has 0 spiro atoms. The van der Waals surface area contributed by atoms with Crippen LogP contribution in [0.1, 0.15) is 27.0 Å². The van der Waals surface area contributed by atoms with Gasteiger partial charge in [-0.15, -0.1) is 0 Å². The minimum absolute atomic E-state index is 0.0911. The van der Waals surface area contributed by atoms with Crippen LogP contribution in [0.3, 0.4) is 0 Å². The van der Waals surface area contributed by atoms with E-state index >= 15 is 0 Å². The minimum atomic E-state index is -1.86. The Kier molecular flexibility index (Phi) is 4.56. The van der Waals surface area contributed by atoms with E-state index in [1.165, 1.54) is 11.0 Å². The van der Waals surface area contributed by atoms with Gasteiger partial charge in [-0.25, -0.2) is 4.39 Å². The maximum Gasteiger partial charge on any atom is 0.262 e. The molecule has 2 aliphatic heterocycles. The molecule has 8 heteroatoms. The topological polar surface area (TPSA) is 78.9 Å². The summed E-state index contributed by atoms with van der Waals surface area (Å²) in [5, 5.41) is 14.7. The van der Waals surface area contributed by atoms with Crippen molar-refractivity contribution >= 4 is 33.4 Å². The minimum Gasteiger partial charge on any atom is -0.482 e. The smallest absolute Gasteiger partial charge is 0.262 e. The fourth-order valence-electron chi connectivity index (χ4n) is 4.04. The van der Waals surface area contributed by atoms with Crippen molar-refractivity contribution < 1.29 is 23.8 Å². The molecule has 1 unspecified atom stereocenters. The summed E-state index contributed by atoms with van der Waals surface area (Å²) in [4.78, 5) is 26.3. The number of benzene rings is 3. The second kappa shape index (κ2) is 7.18. The molecule has 1 atom stereocenters. The van der Waals surface area contributed by atoms with Crippen LogP contribution in [0.15, 0.2) is 65.1 Å². The molecule has 5 rings (SSSR count). The van der Waals surface area contributed by atoms with Crippen LogP contribution in [-0.4, -0.2) is 28.4 Å². The molecule has 0 fully saturated rings. The van der Waals surface area contributed by atoms with Gasteiger partial charge in [0.2, 0.25) is 0 Å². The zero-order chi connectivity index (χ0) is 21.8. The van der Waals surface area contributed by atoms with Gasteiger partial charge < -0.3 is 15.2 Å². The number of nitrogens with zero attached hydrogens (tertiary/aromatic N) is 1. The van der Waals surface area contributed by atoms with E-state index in [1.54, 1.807) is 54.6 Å². The third-order valence-corrected chi connectivity index (χ3v) is 6.01. The summed E-state index contributed by atoms with van der Waals surface area (Å²) in [6.07, 6.45) is 0. The summed E-state index contributed by atoms with van der Waals surface area (Å²) in [5.74, 6) is -0.752. The first-order chi connectivity index (χ1) is 14.9. The highest BCUT2D eigenvalue weighted by Crippen LogP contribution is 2.45. The van der Waals surface area contributed by atoms with Gasteiger partial charge in [-0.1, -0.05) is 40.2 Å². The van der Waals surface area contributed by atoms with Crippen molar-refractivity contribution in [2.45, 2.75) is 12.3 Å². The number of halogens is 2. The number of aliphatic hydroxyl groups is 1. The monoisotopic (exact) mass is 482 g/mol. The van der Waals surface area contributed by atoms with Gasteiger partial charge in [0.05, 0.1) is 12.2 Å². The Labute approximate surface area is 185 Å². The van der Waals surface area contributed by atoms with Crippen molar-refractivity contribution in [2.75, 3.05) is 11.9 Å². The van der Waals surface area contributed by atoms with Crippen LogP contribution < -0.4 is 10.1 Å². The molecule has 2 amide bonds. The number of carbonyl (C=O) groups excluding carboxylic acids is 2. The SMILES string of the molecule is O=C1COc2ccc(C3(O)c4ccccc4C(=O)N3Cc3cc(Br)ccc3F)cc2N1. The fourth-order valence-corrected chi connectivity index (χ4v) is 4.45. The number of ether oxygens (including phenoxy) is 1. The predicted octanol–water partition coefficient (Wildman–Crippen LogP) is 3.77. The number of carbonyl (C=O) groups is 2. The van der Waals surface area contributed by atoms with Crippen LogP contribution in [0.5, 0.6) is 5.75 Å². The van der Waals surface area contributed by atoms with E-state index in [9.17, 15) is 19.1 Å². The molecule has 0 bridgehead atoms. The van der Waals surface area contributed by atoms with Crippen molar-refractivity contribution in [3.05, 3.63) is 93.2 Å². The molecule has 0 aromatic heterocycles. The normalized spacial score (nSPS) is 19.5. The second-order valence-electron chi connectivity index (χ2n) is 7.39. The molecule has 2 N–H and O–H groups in total. The predicted molar refractivity (Wildman–Crippen MR) is 114 cm³/mol. The quantitative estimate of drug-likeness (QED) is 0.595. The maximum absolute atomic E-state index is 14.5. The van der Waals surface area contributed by atoms with Crippen molar-refractivity contribution in [1.29, 1.82) is 0 Å². The maximum atomic E-state index is 14.5. The highest BCUT2D eigenvalue weighted by Gasteiger charge is 2.50. The Hall–Kier alpha value is -3.23. The van der Waals surface area contributed by atoms with Gasteiger partial charge in [0.25, 0.3) is 11.8 Å². The summed E-state index contributed by atoms with van der Waals surface area (Å²) < 4.78 is 20.6. The number of hydrogen-bond acceptors (Lipinski definition) is 4. The van der Waals surface area contributed by atoms with E-state index in [-0.39, 0.29) is 24.6 Å². The standard InChI is InChI=1S/C23H16BrFN2O4/c24-15-6-7-18(25)13(9-15)11-27-22(29)16-3-1-2-4-17(16)23(27,30)14-5-8-20-19(10-14)26-21(28)12-31-20/h1-10,30H,11-12H2,(H,26,28). The number of hydrogen-bond donors (Lipinski definition) is 2. The highest BCUT2D eigenvalue weighted by molar-refractivity contribution is 9.10. The molecular weight excluding hydrogens is 467 g/mol. The number of amides is 2. The number of nitrogens with one attached hydrogen (secondary N) is 1. The Morgan fingerprint density at radius 2 is 1.94 bits per heavy atom. The molecule has 3 aromatic rings. The zero-order valence-electron chi connectivity index (χ0n) is 16.1. The molecule has 0 saturated heterocycles. The Balaban J connectivity index is 1.66. The first-order valence-electron chi connectivity index (χ1n) is 9.53. The third kappa shape index (κ3) is 3.10. The molecule has 2 heterocycles. The molecule has 0 aliphatic carbocycles. The van der Waals surface area contributed by atoms with Crippen LogP contribution >= 0.6 is 15.9 Å². The van der Waals surface area contributed by atoms with Crippen LogP contribution in [0.25, 0.3) is 0 Å². The summed E-state index contributed by atoms with van der Waals surface area (Å²) in [5.41, 5.74) is -0.140. The number of fused-ring (bicyclic) bond motifs is 2. The highest BCUT2D eigenvalue weighted by atomic mass is 79.9. The molecule has 0 radical (unpaired) electrons. The van der Waals surface area contributed by atoms with Crippen molar-refractivity contribution in [3.63, 3.8) is 0 Å². The van der Waals surface area contributed by atoms with Gasteiger partial charge in [0, 0.05) is 26.7 Å². The van der Waals surface area contributed by atoms with Crippen molar-refractivity contribution in [1.82, 2.24) is 4.90 Å². The molecule has 2 aliphatic rings. The van der Waals surface area contributed by atoms with Crippen LogP contribution in [0, 0.1) is 5.82 Å². The average Bonchev–Trinajstić information content (AvgIpc) is 2.98. The van der Waals surface area contributed by atoms with Gasteiger partial charge in [-0.3, -0.25) is 14.5 Å². The van der Waals surface area contributed by atoms with Gasteiger partial charge in [-0.05, 0) is 36.4 Å². The molecule has 6 nitrogen and oxygen atoms in total. The van der Waals surface area contributed by atoms with Crippen LogP contribution in [0.4, 0.5) is 10.1 Å². The number of anilines is 1. The fraction of sp³-hybridized carbons (Fsp3) is 0.130. The lowest BCUT2D eigenvalue weighted by atomic mass is 9.93. The lowest BCUT2D eigenvalue weighted by Gasteiger charge is -2.35. The first-order valence-corrected chi connectivity index (χ1v) is 10.3. The van der Waals surface area contributed by atoms with Crippen molar-refractivity contribution in [3.8, 4) is 5.75 Å². The van der Waals surface area contributed by atoms with E-state index in [4.69, 9.17) is 4.74 Å². The molecule has 3 aromatic carbocycles. The van der Waals surface area contributed by atoms with Crippen molar-refractivity contribution in [2.24, 2.45) is 0 Å². The lowest BCUT2D eigenvalue weighted by molar-refractivity contribution is -0.118. The van der Waals surface area contributed by atoms with E-state index in [0.29, 0.717) is 32.6 Å². The average molecular weight is 483 g/mol. The van der Waals surface area contributed by atoms with Gasteiger partial charge in [-0.2, -0.15) is 0 Å². The summed E-state index contributed by atoms with van der Waals surface area (Å²) in [6.45, 7) is -0.249. The van der Waals surface area contributed by atoms with Gasteiger partial charge in [0.15, 0.2) is 12.3 Å². The lowest BCUT2D eigenvalue weighted by Crippen LogP contribution is -2.44. The van der Waals surface area contributed by atoms with Crippen LogP contribution in [-0.2, 0) is 17.1 Å². The summed E-state index contributed by atoms with van der Waals surface area (Å²) >= 11 is 3.32. The molecule has 31 heavy (non-hydrogen) atoms. The molecular formula is C23H16BrFN2O4.